The zero-order valence-electron chi connectivity index (χ0n) is 13.2. The second kappa shape index (κ2) is 6.82. The smallest absolute Gasteiger partial charge is 0.264 e. The zero-order valence-corrected chi connectivity index (χ0v) is 14.0. The Balaban J connectivity index is 2.16. The summed E-state index contributed by atoms with van der Waals surface area (Å²) in [6, 6.07) is 13.2. The Hall–Kier alpha value is -3.06. The van der Waals surface area contributed by atoms with Crippen LogP contribution in [0.4, 0.5) is 10.1 Å². The number of rotatable bonds is 3. The third-order valence-corrected chi connectivity index (χ3v) is 3.85. The van der Waals surface area contributed by atoms with Crippen molar-refractivity contribution in [1.82, 2.24) is 9.55 Å². The molecule has 0 atom stereocenters. The van der Waals surface area contributed by atoms with Gasteiger partial charge in [-0.1, -0.05) is 24.3 Å². The van der Waals surface area contributed by atoms with Gasteiger partial charge in [0.1, 0.15) is 11.4 Å². The van der Waals surface area contributed by atoms with Gasteiger partial charge < -0.3 is 5.11 Å². The summed E-state index contributed by atoms with van der Waals surface area (Å²) in [5.41, 5.74) is 0.904. The summed E-state index contributed by atoms with van der Waals surface area (Å²) in [6.45, 7) is 1.90. The maximum absolute atomic E-state index is 13.7. The minimum Gasteiger partial charge on any atom is -0.494 e. The number of aromatic nitrogens is 2. The molecule has 0 aliphatic rings. The van der Waals surface area contributed by atoms with E-state index < -0.39 is 11.4 Å². The monoisotopic (exact) mass is 355 g/mol. The number of H-pyrrole nitrogens is 1. The molecule has 0 aliphatic carbocycles. The largest absolute Gasteiger partial charge is 0.494 e. The van der Waals surface area contributed by atoms with Crippen molar-refractivity contribution < 1.29 is 9.50 Å². The average molecular weight is 355 g/mol. The van der Waals surface area contributed by atoms with E-state index >= 15 is 0 Å². The van der Waals surface area contributed by atoms with E-state index in [9.17, 15) is 14.3 Å². The van der Waals surface area contributed by atoms with E-state index in [0.29, 0.717) is 5.69 Å². The summed E-state index contributed by atoms with van der Waals surface area (Å²) in [6.07, 6.45) is 1.12. The lowest BCUT2D eigenvalue weighted by Crippen LogP contribution is -2.18. The normalized spacial score (nSPS) is 11.1. The predicted molar refractivity (Wildman–Crippen MR) is 97.3 cm³/mol. The lowest BCUT2D eigenvalue weighted by Gasteiger charge is -2.11. The Morgan fingerprint density at radius 3 is 2.72 bits per heavy atom. The number of nitrogens with one attached hydrogen (secondary N) is 1. The number of aromatic hydroxyl groups is 1. The number of halogens is 1. The molecule has 0 bridgehead atoms. The fourth-order valence-electron chi connectivity index (χ4n) is 2.35. The van der Waals surface area contributed by atoms with E-state index in [2.05, 4.69) is 9.98 Å². The van der Waals surface area contributed by atoms with Crippen molar-refractivity contribution in [2.24, 2.45) is 4.99 Å². The Kier molecular flexibility index (Phi) is 4.58. The highest BCUT2D eigenvalue weighted by Gasteiger charge is 2.13. The van der Waals surface area contributed by atoms with E-state index in [0.717, 1.165) is 11.8 Å². The van der Waals surface area contributed by atoms with Gasteiger partial charge >= 0.3 is 0 Å². The van der Waals surface area contributed by atoms with Crippen LogP contribution in [-0.2, 0) is 0 Å². The Morgan fingerprint density at radius 2 is 2.00 bits per heavy atom. The number of aryl methyl sites for hydroxylation is 1. The van der Waals surface area contributed by atoms with Crippen LogP contribution < -0.4 is 5.56 Å². The predicted octanol–water partition coefficient (Wildman–Crippen LogP) is 3.80. The third-order valence-electron chi connectivity index (χ3n) is 3.57. The summed E-state index contributed by atoms with van der Waals surface area (Å²) < 4.78 is 15.0. The first-order valence-corrected chi connectivity index (χ1v) is 7.82. The maximum Gasteiger partial charge on any atom is 0.264 e. The van der Waals surface area contributed by atoms with Crippen LogP contribution in [0.1, 0.15) is 11.1 Å². The van der Waals surface area contributed by atoms with Gasteiger partial charge in [0.2, 0.25) is 5.88 Å². The van der Waals surface area contributed by atoms with Crippen LogP contribution in [0.25, 0.3) is 5.69 Å². The second-order valence-electron chi connectivity index (χ2n) is 5.38. The molecule has 3 rings (SSSR count). The molecule has 126 valence electrons. The first-order chi connectivity index (χ1) is 12.0. The Bertz CT molecular complexity index is 1090. The first kappa shape index (κ1) is 16.8. The summed E-state index contributed by atoms with van der Waals surface area (Å²) >= 11 is 5.15. The SMILES string of the molecule is Cc1cccc(-n2c(O)c(C=Nc3ccccc3F)c(=O)[nH]c2=S)c1. The van der Waals surface area contributed by atoms with E-state index in [1.807, 2.05) is 25.1 Å². The van der Waals surface area contributed by atoms with Gasteiger partial charge in [-0.2, -0.15) is 0 Å². The third kappa shape index (κ3) is 3.41. The number of aliphatic imine (C=N–C) groups is 1. The van der Waals surface area contributed by atoms with E-state index in [1.54, 1.807) is 12.1 Å². The molecule has 0 fully saturated rings. The maximum atomic E-state index is 13.7. The minimum absolute atomic E-state index is 0.0520. The van der Waals surface area contributed by atoms with E-state index in [4.69, 9.17) is 12.2 Å². The number of aromatic amines is 1. The molecular weight excluding hydrogens is 341 g/mol. The molecule has 0 saturated carbocycles. The summed E-state index contributed by atoms with van der Waals surface area (Å²) in [5.74, 6) is -0.888. The van der Waals surface area contributed by atoms with Crippen molar-refractivity contribution in [2.75, 3.05) is 0 Å². The molecule has 0 spiro atoms. The summed E-state index contributed by atoms with van der Waals surface area (Å²) in [7, 11) is 0. The van der Waals surface area contributed by atoms with Gasteiger partial charge in [-0.3, -0.25) is 19.3 Å². The molecule has 2 aromatic carbocycles. The van der Waals surface area contributed by atoms with Crippen LogP contribution >= 0.6 is 12.2 Å². The van der Waals surface area contributed by atoms with E-state index in [1.165, 1.54) is 22.8 Å². The molecule has 0 aliphatic heterocycles. The number of benzene rings is 2. The lowest BCUT2D eigenvalue weighted by molar-refractivity contribution is 0.432. The molecule has 3 aromatic rings. The summed E-state index contributed by atoms with van der Waals surface area (Å²) in [5, 5.41) is 10.5. The Morgan fingerprint density at radius 1 is 1.24 bits per heavy atom. The molecule has 5 nitrogen and oxygen atoms in total. The highest BCUT2D eigenvalue weighted by atomic mass is 32.1. The molecule has 7 heteroatoms. The zero-order chi connectivity index (χ0) is 18.0. The number of hydrogen-bond donors (Lipinski definition) is 2. The van der Waals surface area contributed by atoms with Crippen LogP contribution in [-0.4, -0.2) is 20.9 Å². The molecule has 0 unspecified atom stereocenters. The second-order valence-corrected chi connectivity index (χ2v) is 5.77. The summed E-state index contributed by atoms with van der Waals surface area (Å²) in [4.78, 5) is 18.6. The van der Waals surface area contributed by atoms with Gasteiger partial charge in [0.05, 0.1) is 11.4 Å². The van der Waals surface area contributed by atoms with Gasteiger partial charge in [-0.05, 0) is 49.0 Å². The van der Waals surface area contributed by atoms with Gasteiger partial charge in [-0.25, -0.2) is 4.39 Å². The Labute approximate surface area is 147 Å². The van der Waals surface area contributed by atoms with E-state index in [-0.39, 0.29) is 21.9 Å². The van der Waals surface area contributed by atoms with Crippen molar-refractivity contribution in [3.63, 3.8) is 0 Å². The van der Waals surface area contributed by atoms with Crippen LogP contribution in [0.5, 0.6) is 5.88 Å². The number of hydrogen-bond acceptors (Lipinski definition) is 4. The van der Waals surface area contributed by atoms with Crippen LogP contribution in [0.3, 0.4) is 0 Å². The van der Waals surface area contributed by atoms with Crippen LogP contribution in [0.2, 0.25) is 0 Å². The quantitative estimate of drug-likeness (QED) is 0.555. The van der Waals surface area contributed by atoms with Crippen molar-refractivity contribution in [3.8, 4) is 11.6 Å². The van der Waals surface area contributed by atoms with Crippen molar-refractivity contribution in [1.29, 1.82) is 0 Å². The van der Waals surface area contributed by atoms with Gasteiger partial charge in [0.25, 0.3) is 5.56 Å². The molecule has 2 N–H and O–H groups in total. The van der Waals surface area contributed by atoms with Gasteiger partial charge in [0, 0.05) is 6.21 Å². The van der Waals surface area contributed by atoms with Crippen molar-refractivity contribution in [2.45, 2.75) is 6.92 Å². The average Bonchev–Trinajstić information content (AvgIpc) is 2.56. The van der Waals surface area contributed by atoms with Gasteiger partial charge in [0.15, 0.2) is 4.77 Å². The topological polar surface area (TPSA) is 70.4 Å². The first-order valence-electron chi connectivity index (χ1n) is 7.41. The fourth-order valence-corrected chi connectivity index (χ4v) is 2.64. The van der Waals surface area contributed by atoms with Gasteiger partial charge in [-0.15, -0.1) is 0 Å². The number of nitrogens with zero attached hydrogens (tertiary/aromatic N) is 2. The molecule has 25 heavy (non-hydrogen) atoms. The van der Waals surface area contributed by atoms with Crippen LogP contribution in [0, 0.1) is 17.5 Å². The fraction of sp³-hybridized carbons (Fsp3) is 0.0556. The molecule has 0 radical (unpaired) electrons. The van der Waals surface area contributed by atoms with Crippen LogP contribution in [0.15, 0.2) is 58.3 Å². The lowest BCUT2D eigenvalue weighted by atomic mass is 10.2. The highest BCUT2D eigenvalue weighted by Crippen LogP contribution is 2.21. The molecule has 0 saturated heterocycles. The van der Waals surface area contributed by atoms with Crippen molar-refractivity contribution in [3.05, 3.63) is 80.6 Å². The van der Waals surface area contributed by atoms with Crippen molar-refractivity contribution >= 4 is 24.1 Å². The molecular formula is C18H14FN3O2S. The molecule has 0 amide bonds. The molecule has 1 aromatic heterocycles. The minimum atomic E-state index is -0.605. The number of para-hydroxylation sites is 1. The standard InChI is InChI=1S/C18H14FN3O2S/c1-11-5-4-6-12(9-11)22-17(24)13(16(23)21-18(22)25)10-20-15-8-3-2-7-14(15)19/h2-10,24H,1H3,(H,21,23,25). The highest BCUT2D eigenvalue weighted by molar-refractivity contribution is 7.71. The molecule has 1 heterocycles.